The SMILES string of the molecule is Cc1nn(C)c(C)c1-c1ccc(CN)cc1Cl. The summed E-state index contributed by atoms with van der Waals surface area (Å²) in [6.45, 7) is 4.54. The van der Waals surface area contributed by atoms with E-state index in [9.17, 15) is 0 Å². The molecule has 0 amide bonds. The van der Waals surface area contributed by atoms with Crippen LogP contribution in [0.2, 0.25) is 5.02 Å². The molecular weight excluding hydrogens is 234 g/mol. The van der Waals surface area contributed by atoms with Crippen molar-refractivity contribution < 1.29 is 0 Å². The predicted octanol–water partition coefficient (Wildman–Crippen LogP) is 2.82. The lowest BCUT2D eigenvalue weighted by atomic mass is 10.0. The van der Waals surface area contributed by atoms with E-state index in [1.165, 1.54) is 0 Å². The molecule has 0 radical (unpaired) electrons. The molecule has 2 rings (SSSR count). The monoisotopic (exact) mass is 249 g/mol. The highest BCUT2D eigenvalue weighted by Crippen LogP contribution is 2.33. The standard InChI is InChI=1S/C13H16ClN3/c1-8-13(9(2)17(3)16-8)11-5-4-10(7-15)6-12(11)14/h4-6H,7,15H2,1-3H3. The first-order chi connectivity index (χ1) is 8.04. The van der Waals surface area contributed by atoms with E-state index in [0.717, 1.165) is 33.1 Å². The van der Waals surface area contributed by atoms with Crippen LogP contribution in [0.5, 0.6) is 0 Å². The quantitative estimate of drug-likeness (QED) is 0.890. The molecule has 0 bridgehead atoms. The van der Waals surface area contributed by atoms with Gasteiger partial charge in [-0.05, 0) is 25.5 Å². The molecule has 3 nitrogen and oxygen atoms in total. The first-order valence-electron chi connectivity index (χ1n) is 5.53. The zero-order chi connectivity index (χ0) is 12.6. The van der Waals surface area contributed by atoms with E-state index in [4.69, 9.17) is 17.3 Å². The normalized spacial score (nSPS) is 10.9. The van der Waals surface area contributed by atoms with Gasteiger partial charge in [0, 0.05) is 35.4 Å². The van der Waals surface area contributed by atoms with Crippen LogP contribution < -0.4 is 5.73 Å². The van der Waals surface area contributed by atoms with Crippen LogP contribution in [0.15, 0.2) is 18.2 Å². The summed E-state index contributed by atoms with van der Waals surface area (Å²) in [6.07, 6.45) is 0. The molecule has 2 N–H and O–H groups in total. The van der Waals surface area contributed by atoms with Crippen molar-refractivity contribution in [2.24, 2.45) is 12.8 Å². The molecule has 1 aromatic heterocycles. The van der Waals surface area contributed by atoms with Crippen molar-refractivity contribution in [3.05, 3.63) is 40.2 Å². The summed E-state index contributed by atoms with van der Waals surface area (Å²) in [7, 11) is 1.94. The van der Waals surface area contributed by atoms with Crippen molar-refractivity contribution in [3.63, 3.8) is 0 Å². The van der Waals surface area contributed by atoms with E-state index in [2.05, 4.69) is 5.10 Å². The van der Waals surface area contributed by atoms with Gasteiger partial charge in [-0.2, -0.15) is 5.10 Å². The first-order valence-corrected chi connectivity index (χ1v) is 5.91. The molecule has 0 atom stereocenters. The van der Waals surface area contributed by atoms with Crippen LogP contribution in [0, 0.1) is 13.8 Å². The molecule has 1 heterocycles. The first kappa shape index (κ1) is 12.1. The van der Waals surface area contributed by atoms with Crippen LogP contribution in [0.1, 0.15) is 17.0 Å². The van der Waals surface area contributed by atoms with Crippen molar-refractivity contribution in [1.29, 1.82) is 0 Å². The van der Waals surface area contributed by atoms with Crippen molar-refractivity contribution in [2.45, 2.75) is 20.4 Å². The predicted molar refractivity (Wildman–Crippen MR) is 71.0 cm³/mol. The number of nitrogens with two attached hydrogens (primary N) is 1. The minimum Gasteiger partial charge on any atom is -0.326 e. The highest BCUT2D eigenvalue weighted by atomic mass is 35.5. The zero-order valence-electron chi connectivity index (χ0n) is 10.3. The van der Waals surface area contributed by atoms with Crippen molar-refractivity contribution in [2.75, 3.05) is 0 Å². The molecule has 0 aliphatic heterocycles. The molecule has 0 aliphatic rings. The molecule has 0 fully saturated rings. The maximum Gasteiger partial charge on any atom is 0.0675 e. The van der Waals surface area contributed by atoms with Gasteiger partial charge in [0.2, 0.25) is 0 Å². The second-order valence-electron chi connectivity index (χ2n) is 4.19. The van der Waals surface area contributed by atoms with Crippen LogP contribution in [0.25, 0.3) is 11.1 Å². The van der Waals surface area contributed by atoms with E-state index in [0.29, 0.717) is 6.54 Å². The van der Waals surface area contributed by atoms with Crippen LogP contribution in [0.4, 0.5) is 0 Å². The second-order valence-corrected chi connectivity index (χ2v) is 4.59. The molecule has 0 spiro atoms. The molecule has 4 heteroatoms. The largest absolute Gasteiger partial charge is 0.326 e. The lowest BCUT2D eigenvalue weighted by Gasteiger charge is -2.07. The highest BCUT2D eigenvalue weighted by molar-refractivity contribution is 6.33. The third-order valence-corrected chi connectivity index (χ3v) is 3.36. The highest BCUT2D eigenvalue weighted by Gasteiger charge is 2.14. The number of benzene rings is 1. The molecule has 0 saturated heterocycles. The Morgan fingerprint density at radius 2 is 2.06 bits per heavy atom. The summed E-state index contributed by atoms with van der Waals surface area (Å²) < 4.78 is 1.87. The molecule has 17 heavy (non-hydrogen) atoms. The lowest BCUT2D eigenvalue weighted by molar-refractivity contribution is 0.731. The van der Waals surface area contributed by atoms with Gasteiger partial charge in [0.05, 0.1) is 5.69 Å². The molecule has 0 unspecified atom stereocenters. The summed E-state index contributed by atoms with van der Waals surface area (Å²) in [5, 5.41) is 5.13. The Hall–Kier alpha value is -1.32. The van der Waals surface area contributed by atoms with Crippen LogP contribution in [-0.2, 0) is 13.6 Å². The number of halogens is 1. The van der Waals surface area contributed by atoms with Crippen LogP contribution in [-0.4, -0.2) is 9.78 Å². The Bertz CT molecular complexity index is 558. The maximum atomic E-state index is 6.30. The van der Waals surface area contributed by atoms with E-state index < -0.39 is 0 Å². The minimum absolute atomic E-state index is 0.505. The number of hydrogen-bond donors (Lipinski definition) is 1. The molecule has 0 aliphatic carbocycles. The van der Waals surface area contributed by atoms with Gasteiger partial charge in [0.25, 0.3) is 0 Å². The summed E-state index contributed by atoms with van der Waals surface area (Å²) in [5.41, 5.74) is 10.9. The fraction of sp³-hybridized carbons (Fsp3) is 0.308. The Morgan fingerprint density at radius 1 is 1.35 bits per heavy atom. The van der Waals surface area contributed by atoms with Crippen LogP contribution in [0.3, 0.4) is 0 Å². The number of aryl methyl sites for hydroxylation is 2. The molecule has 90 valence electrons. The van der Waals surface area contributed by atoms with Gasteiger partial charge in [0.1, 0.15) is 0 Å². The van der Waals surface area contributed by atoms with Gasteiger partial charge < -0.3 is 5.73 Å². The van der Waals surface area contributed by atoms with Crippen molar-refractivity contribution in [3.8, 4) is 11.1 Å². The molecule has 1 aromatic carbocycles. The van der Waals surface area contributed by atoms with E-state index in [1.54, 1.807) is 0 Å². The van der Waals surface area contributed by atoms with Gasteiger partial charge >= 0.3 is 0 Å². The van der Waals surface area contributed by atoms with Gasteiger partial charge in [-0.3, -0.25) is 4.68 Å². The minimum atomic E-state index is 0.505. The van der Waals surface area contributed by atoms with Crippen molar-refractivity contribution in [1.82, 2.24) is 9.78 Å². The number of hydrogen-bond acceptors (Lipinski definition) is 2. The summed E-state index contributed by atoms with van der Waals surface area (Å²) in [6, 6.07) is 5.94. The smallest absolute Gasteiger partial charge is 0.0675 e. The fourth-order valence-electron chi connectivity index (χ4n) is 2.05. The third kappa shape index (κ3) is 2.08. The average molecular weight is 250 g/mol. The average Bonchev–Trinajstić information content (AvgIpc) is 2.54. The Labute approximate surface area is 106 Å². The van der Waals surface area contributed by atoms with Gasteiger partial charge in [-0.15, -0.1) is 0 Å². The fourth-order valence-corrected chi connectivity index (χ4v) is 2.35. The van der Waals surface area contributed by atoms with Gasteiger partial charge in [-0.25, -0.2) is 0 Å². The molecule has 2 aromatic rings. The summed E-state index contributed by atoms with van der Waals surface area (Å²) in [5.74, 6) is 0. The topological polar surface area (TPSA) is 43.8 Å². The summed E-state index contributed by atoms with van der Waals surface area (Å²) >= 11 is 6.30. The summed E-state index contributed by atoms with van der Waals surface area (Å²) in [4.78, 5) is 0. The van der Waals surface area contributed by atoms with Gasteiger partial charge in [0.15, 0.2) is 0 Å². The van der Waals surface area contributed by atoms with E-state index in [1.807, 2.05) is 43.8 Å². The third-order valence-electron chi connectivity index (χ3n) is 3.05. The van der Waals surface area contributed by atoms with E-state index in [-0.39, 0.29) is 0 Å². The Kier molecular flexibility index (Phi) is 3.22. The molecule has 0 saturated carbocycles. The van der Waals surface area contributed by atoms with Gasteiger partial charge in [-0.1, -0.05) is 23.7 Å². The number of rotatable bonds is 2. The Morgan fingerprint density at radius 3 is 2.53 bits per heavy atom. The van der Waals surface area contributed by atoms with E-state index >= 15 is 0 Å². The number of aromatic nitrogens is 2. The zero-order valence-corrected chi connectivity index (χ0v) is 11.0. The maximum absolute atomic E-state index is 6.30. The molecular formula is C13H16ClN3. The van der Waals surface area contributed by atoms with Crippen LogP contribution >= 0.6 is 11.6 Å². The number of nitrogens with zero attached hydrogens (tertiary/aromatic N) is 2. The second kappa shape index (κ2) is 4.51. The Balaban J connectivity index is 2.60. The van der Waals surface area contributed by atoms with Crippen molar-refractivity contribution >= 4 is 11.6 Å². The lowest BCUT2D eigenvalue weighted by Crippen LogP contribution is -1.96.